The van der Waals surface area contributed by atoms with Gasteiger partial charge in [-0.2, -0.15) is 0 Å². The molecule has 2 N–H and O–H groups in total. The van der Waals surface area contributed by atoms with Crippen LogP contribution in [0, 0.1) is 23.7 Å². The van der Waals surface area contributed by atoms with Gasteiger partial charge in [-0.1, -0.05) is 23.8 Å². The minimum Gasteiger partial charge on any atom is -0.366 e. The monoisotopic (exact) mass is 316 g/mol. The quantitative estimate of drug-likeness (QED) is 0.666. The molecule has 3 aliphatic rings. The van der Waals surface area contributed by atoms with E-state index in [4.69, 9.17) is 17.3 Å². The molecule has 0 radical (unpaired) electrons. The molecule has 22 heavy (non-hydrogen) atoms. The Morgan fingerprint density at radius 1 is 1.14 bits per heavy atom. The van der Waals surface area contributed by atoms with Crippen LogP contribution >= 0.6 is 11.6 Å². The Morgan fingerprint density at radius 2 is 1.73 bits per heavy atom. The predicted octanol–water partition coefficient (Wildman–Crippen LogP) is 1.75. The molecule has 2 aliphatic carbocycles. The van der Waals surface area contributed by atoms with Crippen molar-refractivity contribution in [3.05, 3.63) is 40.9 Å². The van der Waals surface area contributed by atoms with Crippen LogP contribution in [0.5, 0.6) is 0 Å². The van der Waals surface area contributed by atoms with Crippen molar-refractivity contribution in [1.29, 1.82) is 0 Å². The van der Waals surface area contributed by atoms with Crippen LogP contribution in [-0.4, -0.2) is 17.7 Å². The maximum Gasteiger partial charge on any atom is 0.250 e. The molecule has 112 valence electrons. The zero-order valence-electron chi connectivity index (χ0n) is 11.5. The largest absolute Gasteiger partial charge is 0.366 e. The number of carbonyl (C=O) groups excluding carboxylic acids is 3. The number of nitrogens with two attached hydrogens (primary N) is 1. The second-order valence-corrected chi connectivity index (χ2v) is 6.45. The molecule has 1 aromatic carbocycles. The van der Waals surface area contributed by atoms with E-state index in [0.717, 1.165) is 6.42 Å². The van der Waals surface area contributed by atoms with Crippen molar-refractivity contribution < 1.29 is 14.4 Å². The second-order valence-electron chi connectivity index (χ2n) is 6.04. The van der Waals surface area contributed by atoms with Crippen molar-refractivity contribution in [2.75, 3.05) is 4.90 Å². The van der Waals surface area contributed by atoms with Crippen LogP contribution in [0.4, 0.5) is 5.69 Å². The fourth-order valence-corrected chi connectivity index (χ4v) is 4.27. The molecule has 3 amide bonds. The summed E-state index contributed by atoms with van der Waals surface area (Å²) in [6, 6.07) is 4.44. The highest BCUT2D eigenvalue weighted by molar-refractivity contribution is 6.34. The highest BCUT2D eigenvalue weighted by Gasteiger charge is 2.59. The Balaban J connectivity index is 1.73. The third-order valence-corrected chi connectivity index (χ3v) is 5.26. The highest BCUT2D eigenvalue weighted by Crippen LogP contribution is 2.53. The lowest BCUT2D eigenvalue weighted by atomic mass is 9.85. The molecule has 1 saturated carbocycles. The Kier molecular flexibility index (Phi) is 2.72. The molecule has 1 aliphatic heterocycles. The van der Waals surface area contributed by atoms with Gasteiger partial charge in [0.25, 0.3) is 0 Å². The average Bonchev–Trinajstić information content (AvgIpc) is 3.12. The van der Waals surface area contributed by atoms with Crippen LogP contribution < -0.4 is 10.6 Å². The summed E-state index contributed by atoms with van der Waals surface area (Å²) < 4.78 is 0. The van der Waals surface area contributed by atoms with E-state index in [-0.39, 0.29) is 46.1 Å². The smallest absolute Gasteiger partial charge is 0.250 e. The number of hydrogen-bond acceptors (Lipinski definition) is 3. The summed E-state index contributed by atoms with van der Waals surface area (Å²) in [6.07, 6.45) is 4.98. The van der Waals surface area contributed by atoms with Crippen LogP contribution in [0.25, 0.3) is 0 Å². The first-order chi connectivity index (χ1) is 10.5. The van der Waals surface area contributed by atoms with Crippen LogP contribution in [-0.2, 0) is 9.59 Å². The summed E-state index contributed by atoms with van der Waals surface area (Å²) in [5, 5.41) is 0.142. The molecule has 6 heteroatoms. The van der Waals surface area contributed by atoms with E-state index in [1.807, 2.05) is 12.2 Å². The minimum atomic E-state index is -0.644. The van der Waals surface area contributed by atoms with Gasteiger partial charge in [-0.25, -0.2) is 4.90 Å². The number of benzene rings is 1. The Labute approximate surface area is 131 Å². The summed E-state index contributed by atoms with van der Waals surface area (Å²) in [5.74, 6) is -1.16. The Bertz CT molecular complexity index is 728. The van der Waals surface area contributed by atoms with Crippen LogP contribution in [0.1, 0.15) is 16.8 Å². The normalized spacial score (nSPS) is 32.0. The predicted molar refractivity (Wildman–Crippen MR) is 80.2 cm³/mol. The van der Waals surface area contributed by atoms with E-state index in [0.29, 0.717) is 5.69 Å². The van der Waals surface area contributed by atoms with Gasteiger partial charge in [-0.3, -0.25) is 14.4 Å². The third kappa shape index (κ3) is 1.63. The number of amides is 3. The minimum absolute atomic E-state index is 0.142. The average molecular weight is 317 g/mol. The SMILES string of the molecule is NC(=O)c1ccc(N2C(=O)[C@@H]3[C@H](C2=O)[C@@H]2C=C[C@H]3C2)cc1Cl. The number of fused-ring (bicyclic) bond motifs is 5. The topological polar surface area (TPSA) is 80.5 Å². The van der Waals surface area contributed by atoms with Gasteiger partial charge in [0.2, 0.25) is 17.7 Å². The number of nitrogens with zero attached hydrogens (tertiary/aromatic N) is 1. The van der Waals surface area contributed by atoms with E-state index < -0.39 is 5.91 Å². The number of halogens is 1. The van der Waals surface area contributed by atoms with Crippen molar-refractivity contribution in [3.63, 3.8) is 0 Å². The summed E-state index contributed by atoms with van der Waals surface area (Å²) >= 11 is 6.03. The Hall–Kier alpha value is -2.14. The fraction of sp³-hybridized carbons (Fsp3) is 0.312. The molecule has 0 aromatic heterocycles. The third-order valence-electron chi connectivity index (χ3n) is 4.95. The number of carbonyl (C=O) groups is 3. The van der Waals surface area contributed by atoms with Crippen molar-refractivity contribution in [2.24, 2.45) is 29.4 Å². The summed E-state index contributed by atoms with van der Waals surface area (Å²) in [4.78, 5) is 37.7. The number of allylic oxidation sites excluding steroid dienone is 2. The lowest BCUT2D eigenvalue weighted by Crippen LogP contribution is -2.32. The molecule has 1 saturated heterocycles. The van der Waals surface area contributed by atoms with Gasteiger partial charge in [0, 0.05) is 0 Å². The fourth-order valence-electron chi connectivity index (χ4n) is 4.00. The lowest BCUT2D eigenvalue weighted by Gasteiger charge is -2.18. The first-order valence-corrected chi connectivity index (χ1v) is 7.52. The molecule has 2 fully saturated rings. The molecule has 4 rings (SSSR count). The van der Waals surface area contributed by atoms with Crippen molar-refractivity contribution in [3.8, 4) is 0 Å². The first kappa shape index (κ1) is 13.5. The lowest BCUT2D eigenvalue weighted by molar-refractivity contribution is -0.123. The van der Waals surface area contributed by atoms with E-state index in [9.17, 15) is 14.4 Å². The summed E-state index contributed by atoms with van der Waals surface area (Å²) in [7, 11) is 0. The maximum absolute atomic E-state index is 12.7. The zero-order chi connectivity index (χ0) is 15.6. The summed E-state index contributed by atoms with van der Waals surface area (Å²) in [5.41, 5.74) is 5.79. The molecule has 1 aromatic rings. The number of rotatable bonds is 2. The number of hydrogen-bond donors (Lipinski definition) is 1. The van der Waals surface area contributed by atoms with E-state index in [1.54, 1.807) is 0 Å². The standard InChI is InChI=1S/C16H13ClN2O3/c17-11-6-9(3-4-10(11)14(18)20)19-15(21)12-7-1-2-8(5-7)13(12)16(19)22/h1-4,6-8,12-13H,5H2,(H2,18,20)/t7-,8+,12-,13+. The van der Waals surface area contributed by atoms with Gasteiger partial charge >= 0.3 is 0 Å². The maximum atomic E-state index is 12.7. The van der Waals surface area contributed by atoms with Crippen molar-refractivity contribution in [1.82, 2.24) is 0 Å². The molecule has 4 atom stereocenters. The Morgan fingerprint density at radius 3 is 2.23 bits per heavy atom. The molecule has 0 spiro atoms. The second kappa shape index (κ2) is 4.43. The van der Waals surface area contributed by atoms with Gasteiger partial charge in [-0.05, 0) is 36.5 Å². The van der Waals surface area contributed by atoms with Gasteiger partial charge in [0.15, 0.2) is 0 Å². The van der Waals surface area contributed by atoms with Crippen molar-refractivity contribution in [2.45, 2.75) is 6.42 Å². The van der Waals surface area contributed by atoms with Gasteiger partial charge in [-0.15, -0.1) is 0 Å². The first-order valence-electron chi connectivity index (χ1n) is 7.14. The van der Waals surface area contributed by atoms with Gasteiger partial charge in [0.05, 0.1) is 28.1 Å². The number of primary amides is 1. The van der Waals surface area contributed by atoms with Crippen LogP contribution in [0.3, 0.4) is 0 Å². The van der Waals surface area contributed by atoms with Crippen LogP contribution in [0.2, 0.25) is 5.02 Å². The molecule has 1 heterocycles. The summed E-state index contributed by atoms with van der Waals surface area (Å²) in [6.45, 7) is 0. The van der Waals surface area contributed by atoms with E-state index in [2.05, 4.69) is 0 Å². The van der Waals surface area contributed by atoms with Gasteiger partial charge < -0.3 is 5.73 Å². The molecule has 0 unspecified atom stereocenters. The van der Waals surface area contributed by atoms with Gasteiger partial charge in [0.1, 0.15) is 0 Å². The van der Waals surface area contributed by atoms with E-state index in [1.165, 1.54) is 23.1 Å². The number of imide groups is 1. The van der Waals surface area contributed by atoms with Crippen molar-refractivity contribution >= 4 is 35.0 Å². The molecular formula is C16H13ClN2O3. The zero-order valence-corrected chi connectivity index (χ0v) is 12.3. The molecule has 2 bridgehead atoms. The van der Waals surface area contributed by atoms with E-state index >= 15 is 0 Å². The van der Waals surface area contributed by atoms with Crippen LogP contribution in [0.15, 0.2) is 30.4 Å². The molecule has 5 nitrogen and oxygen atoms in total. The highest BCUT2D eigenvalue weighted by atomic mass is 35.5. The molecular weight excluding hydrogens is 304 g/mol. The number of anilines is 1.